The summed E-state index contributed by atoms with van der Waals surface area (Å²) in [5, 5.41) is 11.3. The van der Waals surface area contributed by atoms with E-state index in [4.69, 9.17) is 10.00 Å². The van der Waals surface area contributed by atoms with Crippen LogP contribution >= 0.6 is 0 Å². The summed E-state index contributed by atoms with van der Waals surface area (Å²) in [6.45, 7) is 1.71. The Morgan fingerprint density at radius 3 is 2.59 bits per heavy atom. The van der Waals surface area contributed by atoms with Crippen LogP contribution in [0.2, 0.25) is 0 Å². The van der Waals surface area contributed by atoms with Crippen molar-refractivity contribution in [2.45, 2.75) is 19.6 Å². The highest BCUT2D eigenvalue weighted by molar-refractivity contribution is 5.80. The molecule has 0 bridgehead atoms. The van der Waals surface area contributed by atoms with E-state index in [1.165, 1.54) is 6.07 Å². The Bertz CT molecular complexity index is 693. The first-order chi connectivity index (χ1) is 10.6. The summed E-state index contributed by atoms with van der Waals surface area (Å²) in [6.07, 6.45) is -0.722. The Labute approximate surface area is 128 Å². The van der Waals surface area contributed by atoms with Crippen LogP contribution in [0.25, 0.3) is 0 Å². The molecule has 0 aromatic heterocycles. The minimum Gasteiger partial charge on any atom is -0.481 e. The molecular weight excluding hydrogens is 283 g/mol. The number of halogens is 1. The Hall–Kier alpha value is -2.87. The first kappa shape index (κ1) is 15.5. The number of hydrogen-bond donors (Lipinski definition) is 1. The van der Waals surface area contributed by atoms with Crippen molar-refractivity contribution < 1.29 is 13.9 Å². The first-order valence-electron chi connectivity index (χ1n) is 6.78. The molecule has 0 saturated heterocycles. The van der Waals surface area contributed by atoms with Crippen LogP contribution < -0.4 is 10.1 Å². The van der Waals surface area contributed by atoms with Gasteiger partial charge in [-0.15, -0.1) is 0 Å². The quantitative estimate of drug-likeness (QED) is 0.923. The molecule has 2 aromatic carbocycles. The molecule has 0 aliphatic carbocycles. The summed E-state index contributed by atoms with van der Waals surface area (Å²) in [7, 11) is 0. The number of rotatable bonds is 5. The fourth-order valence-electron chi connectivity index (χ4n) is 1.83. The van der Waals surface area contributed by atoms with Gasteiger partial charge < -0.3 is 10.1 Å². The Morgan fingerprint density at radius 2 is 1.95 bits per heavy atom. The molecule has 2 aromatic rings. The average Bonchev–Trinajstić information content (AvgIpc) is 2.54. The van der Waals surface area contributed by atoms with Gasteiger partial charge in [-0.3, -0.25) is 4.79 Å². The fourth-order valence-corrected chi connectivity index (χ4v) is 1.83. The van der Waals surface area contributed by atoms with Crippen LogP contribution in [-0.2, 0) is 11.3 Å². The van der Waals surface area contributed by atoms with Crippen molar-refractivity contribution >= 4 is 5.91 Å². The summed E-state index contributed by atoms with van der Waals surface area (Å²) < 4.78 is 18.9. The topological polar surface area (TPSA) is 62.1 Å². The van der Waals surface area contributed by atoms with Gasteiger partial charge in [0.25, 0.3) is 5.91 Å². The second-order valence-corrected chi connectivity index (χ2v) is 4.71. The van der Waals surface area contributed by atoms with E-state index < -0.39 is 6.10 Å². The Balaban J connectivity index is 1.89. The number of nitrogens with one attached hydrogen (secondary N) is 1. The van der Waals surface area contributed by atoms with Gasteiger partial charge in [-0.2, -0.15) is 5.26 Å². The zero-order valence-corrected chi connectivity index (χ0v) is 12.0. The minimum absolute atomic E-state index is 0.104. The molecule has 112 valence electrons. The zero-order valence-electron chi connectivity index (χ0n) is 12.0. The second-order valence-electron chi connectivity index (χ2n) is 4.71. The van der Waals surface area contributed by atoms with Crippen molar-refractivity contribution in [3.05, 3.63) is 65.5 Å². The van der Waals surface area contributed by atoms with Crippen molar-refractivity contribution in [2.24, 2.45) is 0 Å². The van der Waals surface area contributed by atoms with E-state index in [1.54, 1.807) is 49.4 Å². The Morgan fingerprint density at radius 1 is 1.27 bits per heavy atom. The third-order valence-corrected chi connectivity index (χ3v) is 3.08. The van der Waals surface area contributed by atoms with Gasteiger partial charge in [-0.25, -0.2) is 4.39 Å². The molecule has 4 nitrogen and oxygen atoms in total. The van der Waals surface area contributed by atoms with Gasteiger partial charge >= 0.3 is 0 Å². The van der Waals surface area contributed by atoms with Crippen molar-refractivity contribution in [1.29, 1.82) is 5.26 Å². The van der Waals surface area contributed by atoms with E-state index in [9.17, 15) is 9.18 Å². The van der Waals surface area contributed by atoms with Gasteiger partial charge in [0.2, 0.25) is 0 Å². The summed E-state index contributed by atoms with van der Waals surface area (Å²) in [4.78, 5) is 11.9. The van der Waals surface area contributed by atoms with E-state index >= 15 is 0 Å². The monoisotopic (exact) mass is 298 g/mol. The highest BCUT2D eigenvalue weighted by Gasteiger charge is 2.14. The number of ether oxygens (including phenoxy) is 1. The van der Waals surface area contributed by atoms with E-state index in [0.29, 0.717) is 16.9 Å². The molecule has 2 rings (SSSR count). The molecule has 0 aliphatic heterocycles. The lowest BCUT2D eigenvalue weighted by Gasteiger charge is -2.15. The number of benzene rings is 2. The van der Waals surface area contributed by atoms with Gasteiger partial charge in [-0.1, -0.05) is 18.2 Å². The van der Waals surface area contributed by atoms with Crippen LogP contribution in [0.15, 0.2) is 48.5 Å². The minimum atomic E-state index is -0.722. The smallest absolute Gasteiger partial charge is 0.261 e. The molecule has 0 fully saturated rings. The zero-order chi connectivity index (χ0) is 15.9. The molecule has 0 saturated carbocycles. The number of amides is 1. The highest BCUT2D eigenvalue weighted by Crippen LogP contribution is 2.13. The third kappa shape index (κ3) is 4.06. The number of nitrogens with zero attached hydrogens (tertiary/aromatic N) is 1. The Kier molecular flexibility index (Phi) is 5.10. The maximum absolute atomic E-state index is 13.5. The van der Waals surface area contributed by atoms with Crippen LogP contribution in [-0.4, -0.2) is 12.0 Å². The number of nitriles is 1. The summed E-state index contributed by atoms with van der Waals surface area (Å²) in [5.41, 5.74) is 0.936. The van der Waals surface area contributed by atoms with E-state index in [-0.39, 0.29) is 18.3 Å². The average molecular weight is 298 g/mol. The lowest BCUT2D eigenvalue weighted by atomic mass is 10.2. The van der Waals surface area contributed by atoms with Gasteiger partial charge in [0.15, 0.2) is 6.10 Å². The first-order valence-corrected chi connectivity index (χ1v) is 6.78. The van der Waals surface area contributed by atoms with Crippen LogP contribution in [0, 0.1) is 17.1 Å². The molecule has 1 N–H and O–H groups in total. The lowest BCUT2D eigenvalue weighted by molar-refractivity contribution is -0.127. The lowest BCUT2D eigenvalue weighted by Crippen LogP contribution is -2.36. The highest BCUT2D eigenvalue weighted by atomic mass is 19.1. The maximum Gasteiger partial charge on any atom is 0.261 e. The molecule has 0 heterocycles. The molecule has 0 radical (unpaired) electrons. The van der Waals surface area contributed by atoms with E-state index in [1.807, 2.05) is 6.07 Å². The van der Waals surface area contributed by atoms with Gasteiger partial charge in [-0.05, 0) is 37.3 Å². The van der Waals surface area contributed by atoms with Gasteiger partial charge in [0.05, 0.1) is 11.6 Å². The predicted molar refractivity (Wildman–Crippen MR) is 79.5 cm³/mol. The van der Waals surface area contributed by atoms with Crippen molar-refractivity contribution in [1.82, 2.24) is 5.32 Å². The van der Waals surface area contributed by atoms with E-state index in [2.05, 4.69) is 5.32 Å². The molecular formula is C17H15FN2O2. The number of carbonyl (C=O) groups is 1. The van der Waals surface area contributed by atoms with Crippen LogP contribution in [0.5, 0.6) is 5.75 Å². The molecule has 1 atom stereocenters. The van der Waals surface area contributed by atoms with Crippen LogP contribution in [0.4, 0.5) is 4.39 Å². The van der Waals surface area contributed by atoms with Crippen LogP contribution in [0.3, 0.4) is 0 Å². The van der Waals surface area contributed by atoms with Crippen LogP contribution in [0.1, 0.15) is 18.1 Å². The summed E-state index contributed by atoms with van der Waals surface area (Å²) in [5.74, 6) is -0.205. The maximum atomic E-state index is 13.5. The second kappa shape index (κ2) is 7.23. The number of carbonyl (C=O) groups excluding carboxylic acids is 1. The standard InChI is InChI=1S/C17H15FN2O2/c1-12(22-15-8-6-13(10-19)7-9-15)17(21)20-11-14-4-2-3-5-16(14)18/h2-9,12H,11H2,1H3,(H,20,21). The predicted octanol–water partition coefficient (Wildman–Crippen LogP) is 2.78. The molecule has 22 heavy (non-hydrogen) atoms. The summed E-state index contributed by atoms with van der Waals surface area (Å²) in [6, 6.07) is 14.7. The molecule has 1 amide bonds. The molecule has 1 unspecified atom stereocenters. The van der Waals surface area contributed by atoms with Gasteiger partial charge in [0, 0.05) is 12.1 Å². The normalized spacial score (nSPS) is 11.3. The molecule has 5 heteroatoms. The number of hydrogen-bond acceptors (Lipinski definition) is 3. The largest absolute Gasteiger partial charge is 0.481 e. The van der Waals surface area contributed by atoms with Crippen molar-refractivity contribution in [3.63, 3.8) is 0 Å². The molecule has 0 spiro atoms. The van der Waals surface area contributed by atoms with E-state index in [0.717, 1.165) is 0 Å². The fraction of sp³-hybridized carbons (Fsp3) is 0.176. The van der Waals surface area contributed by atoms with Gasteiger partial charge in [0.1, 0.15) is 11.6 Å². The van der Waals surface area contributed by atoms with Crippen molar-refractivity contribution in [3.8, 4) is 11.8 Å². The van der Waals surface area contributed by atoms with Crippen molar-refractivity contribution in [2.75, 3.05) is 0 Å². The molecule has 0 aliphatic rings. The third-order valence-electron chi connectivity index (χ3n) is 3.08. The summed E-state index contributed by atoms with van der Waals surface area (Å²) >= 11 is 0. The SMILES string of the molecule is CC(Oc1ccc(C#N)cc1)C(=O)NCc1ccccc1F.